The number of nitrogens with zero attached hydrogens (tertiary/aromatic N) is 2. The van der Waals surface area contributed by atoms with E-state index in [4.69, 9.17) is 4.98 Å². The van der Waals surface area contributed by atoms with E-state index in [1.165, 1.54) is 24.8 Å². The molecule has 0 bridgehead atoms. The van der Waals surface area contributed by atoms with Gasteiger partial charge in [0.1, 0.15) is 0 Å². The minimum Gasteiger partial charge on any atom is -0.358 e. The molecule has 33 heavy (non-hydrogen) atoms. The molecule has 0 radical (unpaired) electrons. The van der Waals surface area contributed by atoms with Gasteiger partial charge in [-0.15, -0.1) is 0 Å². The number of aromatic amines is 1. The van der Waals surface area contributed by atoms with Crippen LogP contribution in [-0.4, -0.2) is 33.9 Å². The first kappa shape index (κ1) is 21.4. The van der Waals surface area contributed by atoms with Gasteiger partial charge in [0.2, 0.25) is 0 Å². The number of carbonyl (C=O) groups is 1. The van der Waals surface area contributed by atoms with Gasteiger partial charge in [-0.05, 0) is 82.2 Å². The molecule has 0 unspecified atom stereocenters. The molecule has 0 saturated carbocycles. The molecule has 1 fully saturated rings. The van der Waals surface area contributed by atoms with Gasteiger partial charge in [-0.1, -0.05) is 30.2 Å². The predicted molar refractivity (Wildman–Crippen MR) is 134 cm³/mol. The van der Waals surface area contributed by atoms with Crippen molar-refractivity contribution >= 4 is 22.5 Å². The van der Waals surface area contributed by atoms with Gasteiger partial charge in [0.15, 0.2) is 0 Å². The lowest BCUT2D eigenvalue weighted by atomic mass is 9.95. The molecule has 3 heterocycles. The number of likely N-dealkylation sites (tertiary alicyclic amines) is 1. The van der Waals surface area contributed by atoms with Gasteiger partial charge in [-0.3, -0.25) is 14.7 Å². The van der Waals surface area contributed by atoms with Crippen LogP contribution in [0.1, 0.15) is 58.2 Å². The zero-order valence-electron chi connectivity index (χ0n) is 19.3. The average molecular weight is 439 g/mol. The molecule has 4 aromatic rings. The highest BCUT2D eigenvalue weighted by Gasteiger charge is 2.29. The van der Waals surface area contributed by atoms with Crippen LogP contribution in [0.5, 0.6) is 0 Å². The van der Waals surface area contributed by atoms with Crippen LogP contribution in [0.25, 0.3) is 10.9 Å². The Balaban J connectivity index is 1.54. The van der Waals surface area contributed by atoms with Crippen molar-refractivity contribution in [2.75, 3.05) is 18.4 Å². The number of amides is 1. The minimum absolute atomic E-state index is 0.0864. The number of hydrogen-bond acceptors (Lipinski definition) is 3. The quantitative estimate of drug-likeness (QED) is 0.401. The molecule has 1 amide bonds. The summed E-state index contributed by atoms with van der Waals surface area (Å²) in [5.74, 6) is -0.0968. The molecule has 1 atom stereocenters. The first-order valence-electron chi connectivity index (χ1n) is 11.8. The topological polar surface area (TPSA) is 61.0 Å². The Kier molecular flexibility index (Phi) is 5.97. The Morgan fingerprint density at radius 2 is 1.79 bits per heavy atom. The summed E-state index contributed by atoms with van der Waals surface area (Å²) in [6.45, 7) is 6.29. The fourth-order valence-corrected chi connectivity index (χ4v) is 4.92. The summed E-state index contributed by atoms with van der Waals surface area (Å²) < 4.78 is 0. The van der Waals surface area contributed by atoms with Crippen molar-refractivity contribution in [3.63, 3.8) is 0 Å². The lowest BCUT2D eigenvalue weighted by Crippen LogP contribution is -2.35. The molecule has 1 aliphatic rings. The van der Waals surface area contributed by atoms with Crippen LogP contribution >= 0.6 is 0 Å². The average Bonchev–Trinajstić information content (AvgIpc) is 3.16. The van der Waals surface area contributed by atoms with Gasteiger partial charge in [0.25, 0.3) is 5.91 Å². The number of benzene rings is 2. The van der Waals surface area contributed by atoms with Crippen LogP contribution in [0.3, 0.4) is 0 Å². The molecule has 2 aromatic carbocycles. The van der Waals surface area contributed by atoms with E-state index >= 15 is 0 Å². The van der Waals surface area contributed by atoms with Gasteiger partial charge >= 0.3 is 0 Å². The summed E-state index contributed by atoms with van der Waals surface area (Å²) in [5.41, 5.74) is 7.13. The van der Waals surface area contributed by atoms with Crippen molar-refractivity contribution < 1.29 is 4.79 Å². The third-order valence-electron chi connectivity index (χ3n) is 6.60. The monoisotopic (exact) mass is 438 g/mol. The lowest BCUT2D eigenvalue weighted by Gasteiger charge is -2.34. The van der Waals surface area contributed by atoms with Gasteiger partial charge in [-0.25, -0.2) is 0 Å². The van der Waals surface area contributed by atoms with E-state index in [1.807, 2.05) is 49.5 Å². The van der Waals surface area contributed by atoms with Crippen LogP contribution in [0.2, 0.25) is 0 Å². The molecule has 168 valence electrons. The standard InChI is InChI=1S/C28H30N4O/c1-19-9-11-21(12-10-19)28(33)31-22-13-14-24-23(18-22)26(20(2)30-24)27(25-8-4-5-15-29-25)32-16-6-3-7-17-32/h4-5,8-15,18,27,30H,3,6-7,16-17H2,1-2H3,(H,31,33)/t27-/m0/s1. The first-order chi connectivity index (χ1) is 16.1. The number of rotatable bonds is 5. The molecule has 2 N–H and O–H groups in total. The van der Waals surface area contributed by atoms with Gasteiger partial charge in [0, 0.05) is 39.6 Å². The molecule has 5 nitrogen and oxygen atoms in total. The van der Waals surface area contributed by atoms with Crippen molar-refractivity contribution in [3.8, 4) is 0 Å². The van der Waals surface area contributed by atoms with Crippen molar-refractivity contribution in [1.82, 2.24) is 14.9 Å². The smallest absolute Gasteiger partial charge is 0.255 e. The Labute approximate surface area is 194 Å². The van der Waals surface area contributed by atoms with Crippen LogP contribution in [-0.2, 0) is 0 Å². The zero-order valence-corrected chi connectivity index (χ0v) is 19.3. The summed E-state index contributed by atoms with van der Waals surface area (Å²) in [5, 5.41) is 4.22. The summed E-state index contributed by atoms with van der Waals surface area (Å²) in [7, 11) is 0. The maximum absolute atomic E-state index is 12.8. The van der Waals surface area contributed by atoms with Crippen LogP contribution in [0.15, 0.2) is 66.9 Å². The minimum atomic E-state index is -0.0968. The van der Waals surface area contributed by atoms with Gasteiger partial charge in [0.05, 0.1) is 11.7 Å². The Hall–Kier alpha value is -3.44. The van der Waals surface area contributed by atoms with E-state index in [2.05, 4.69) is 46.4 Å². The number of nitrogens with one attached hydrogen (secondary N) is 2. The number of aryl methyl sites for hydroxylation is 2. The SMILES string of the molecule is Cc1ccc(C(=O)Nc2ccc3[nH]c(C)c([C@H](c4ccccn4)N4CCCCC4)c3c2)cc1. The number of piperidine rings is 1. The Morgan fingerprint density at radius 1 is 1.00 bits per heavy atom. The van der Waals surface area contributed by atoms with E-state index in [0.717, 1.165) is 46.6 Å². The maximum atomic E-state index is 12.8. The molecular weight excluding hydrogens is 408 g/mol. The molecule has 0 spiro atoms. The molecule has 1 aliphatic heterocycles. The van der Waals surface area contributed by atoms with Gasteiger partial charge < -0.3 is 10.3 Å². The third-order valence-corrected chi connectivity index (χ3v) is 6.60. The number of pyridine rings is 1. The highest BCUT2D eigenvalue weighted by atomic mass is 16.1. The summed E-state index contributed by atoms with van der Waals surface area (Å²) >= 11 is 0. The number of aromatic nitrogens is 2. The molecule has 2 aromatic heterocycles. The second-order valence-corrected chi connectivity index (χ2v) is 9.00. The number of carbonyl (C=O) groups excluding carboxylic acids is 1. The van der Waals surface area contributed by atoms with Crippen LogP contribution in [0, 0.1) is 13.8 Å². The fourth-order valence-electron chi connectivity index (χ4n) is 4.92. The highest BCUT2D eigenvalue weighted by Crippen LogP contribution is 2.37. The molecule has 0 aliphatic carbocycles. The normalized spacial score (nSPS) is 15.5. The lowest BCUT2D eigenvalue weighted by molar-refractivity contribution is 0.102. The molecular formula is C28H30N4O. The Bertz CT molecular complexity index is 1250. The van der Waals surface area contributed by atoms with E-state index in [-0.39, 0.29) is 11.9 Å². The summed E-state index contributed by atoms with van der Waals surface area (Å²) in [6.07, 6.45) is 5.59. The van der Waals surface area contributed by atoms with Crippen LogP contribution in [0.4, 0.5) is 5.69 Å². The largest absolute Gasteiger partial charge is 0.358 e. The van der Waals surface area contributed by atoms with Crippen LogP contribution < -0.4 is 5.32 Å². The van der Waals surface area contributed by atoms with E-state index in [1.54, 1.807) is 0 Å². The Morgan fingerprint density at radius 3 is 2.52 bits per heavy atom. The number of H-pyrrole nitrogens is 1. The maximum Gasteiger partial charge on any atom is 0.255 e. The predicted octanol–water partition coefficient (Wildman–Crippen LogP) is 6.01. The van der Waals surface area contributed by atoms with E-state index < -0.39 is 0 Å². The number of anilines is 1. The highest BCUT2D eigenvalue weighted by molar-refractivity contribution is 6.05. The van der Waals surface area contributed by atoms with Crippen molar-refractivity contribution in [2.24, 2.45) is 0 Å². The molecule has 5 heteroatoms. The van der Waals surface area contributed by atoms with Crippen molar-refractivity contribution in [1.29, 1.82) is 0 Å². The summed E-state index contributed by atoms with van der Waals surface area (Å²) in [4.78, 5) is 23.7. The van der Waals surface area contributed by atoms with Crippen molar-refractivity contribution in [3.05, 3.63) is 94.9 Å². The molecule has 5 rings (SSSR count). The van der Waals surface area contributed by atoms with Crippen molar-refractivity contribution in [2.45, 2.75) is 39.2 Å². The van der Waals surface area contributed by atoms with E-state index in [0.29, 0.717) is 5.56 Å². The second kappa shape index (κ2) is 9.20. The fraction of sp³-hybridized carbons (Fsp3) is 0.286. The summed E-state index contributed by atoms with van der Waals surface area (Å²) in [6, 6.07) is 20.0. The second-order valence-electron chi connectivity index (χ2n) is 9.00. The molecule has 1 saturated heterocycles. The zero-order chi connectivity index (χ0) is 22.8. The number of hydrogen-bond donors (Lipinski definition) is 2. The third kappa shape index (κ3) is 4.41. The van der Waals surface area contributed by atoms with Gasteiger partial charge in [-0.2, -0.15) is 0 Å². The first-order valence-corrected chi connectivity index (χ1v) is 11.8. The van der Waals surface area contributed by atoms with E-state index in [9.17, 15) is 4.79 Å². The number of fused-ring (bicyclic) bond motifs is 1.